The molecule has 0 spiro atoms. The number of hydrogen-bond acceptors (Lipinski definition) is 4. The Balaban J connectivity index is 2.38. The van der Waals surface area contributed by atoms with E-state index in [1.54, 1.807) is 13.8 Å². The molecule has 0 aliphatic carbocycles. The second kappa shape index (κ2) is 5.07. The lowest BCUT2D eigenvalue weighted by molar-refractivity contribution is -0.0170. The second-order valence-corrected chi connectivity index (χ2v) is 6.64. The van der Waals surface area contributed by atoms with Crippen molar-refractivity contribution in [1.82, 2.24) is 4.31 Å². The van der Waals surface area contributed by atoms with Crippen LogP contribution in [0.3, 0.4) is 0 Å². The number of hydrogen-bond donors (Lipinski definition) is 1. The number of nitrogens with two attached hydrogens (primary N) is 1. The Morgan fingerprint density at radius 2 is 2.11 bits per heavy atom. The van der Waals surface area contributed by atoms with Crippen LogP contribution in [0.2, 0.25) is 0 Å². The van der Waals surface area contributed by atoms with Crippen LogP contribution in [0.1, 0.15) is 13.8 Å². The molecule has 7 heteroatoms. The molecule has 1 aliphatic heterocycles. The molecule has 2 atom stereocenters. The van der Waals surface area contributed by atoms with E-state index in [0.29, 0.717) is 6.61 Å². The van der Waals surface area contributed by atoms with E-state index in [4.69, 9.17) is 10.5 Å². The number of morpholine rings is 1. The van der Waals surface area contributed by atoms with Gasteiger partial charge in [0.1, 0.15) is 5.82 Å². The molecule has 1 aromatic carbocycles. The van der Waals surface area contributed by atoms with Gasteiger partial charge in [0.25, 0.3) is 0 Å². The van der Waals surface area contributed by atoms with Crippen molar-refractivity contribution in [3.63, 3.8) is 0 Å². The molecule has 1 heterocycles. The summed E-state index contributed by atoms with van der Waals surface area (Å²) in [6, 6.07) is 3.26. The third kappa shape index (κ3) is 2.72. The van der Waals surface area contributed by atoms with Gasteiger partial charge in [-0.3, -0.25) is 0 Å². The van der Waals surface area contributed by atoms with Crippen LogP contribution in [0, 0.1) is 5.82 Å². The van der Waals surface area contributed by atoms with Gasteiger partial charge < -0.3 is 10.5 Å². The van der Waals surface area contributed by atoms with Crippen molar-refractivity contribution in [1.29, 1.82) is 0 Å². The Bertz CT molecular complexity index is 576. The van der Waals surface area contributed by atoms with Gasteiger partial charge in [-0.05, 0) is 32.0 Å². The Kier molecular flexibility index (Phi) is 3.80. The first kappa shape index (κ1) is 14.2. The van der Waals surface area contributed by atoms with E-state index < -0.39 is 15.8 Å². The molecule has 19 heavy (non-hydrogen) atoms. The standard InChI is InChI=1S/C12H17FN2O3S/c1-8-7-18-9(2)6-15(8)19(16,17)10-3-4-12(14)11(13)5-10/h3-5,8-9H,6-7,14H2,1-2H3. The predicted molar refractivity (Wildman–Crippen MR) is 69.6 cm³/mol. The third-order valence-corrected chi connectivity index (χ3v) is 5.11. The summed E-state index contributed by atoms with van der Waals surface area (Å²) in [6.07, 6.45) is -0.176. The number of anilines is 1. The summed E-state index contributed by atoms with van der Waals surface area (Å²) in [7, 11) is -3.73. The van der Waals surface area contributed by atoms with E-state index in [-0.39, 0.29) is 29.3 Å². The molecule has 106 valence electrons. The first-order valence-electron chi connectivity index (χ1n) is 6.01. The number of ether oxygens (including phenoxy) is 1. The van der Waals surface area contributed by atoms with E-state index in [1.807, 2.05) is 0 Å². The van der Waals surface area contributed by atoms with E-state index >= 15 is 0 Å². The Labute approximate surface area is 112 Å². The first-order valence-corrected chi connectivity index (χ1v) is 7.45. The summed E-state index contributed by atoms with van der Waals surface area (Å²) in [5.41, 5.74) is 5.29. The molecule has 1 saturated heterocycles. The molecular formula is C12H17FN2O3S. The molecule has 0 bridgehead atoms. The monoisotopic (exact) mass is 288 g/mol. The van der Waals surface area contributed by atoms with Crippen LogP contribution in [-0.2, 0) is 14.8 Å². The van der Waals surface area contributed by atoms with Crippen LogP contribution >= 0.6 is 0 Å². The van der Waals surface area contributed by atoms with E-state index in [9.17, 15) is 12.8 Å². The average molecular weight is 288 g/mol. The maximum Gasteiger partial charge on any atom is 0.243 e. The largest absolute Gasteiger partial charge is 0.396 e. The summed E-state index contributed by atoms with van der Waals surface area (Å²) in [4.78, 5) is -0.0832. The summed E-state index contributed by atoms with van der Waals surface area (Å²) < 4.78 is 45.1. The maximum atomic E-state index is 13.4. The molecule has 2 unspecified atom stereocenters. The molecular weight excluding hydrogens is 271 g/mol. The fourth-order valence-corrected chi connectivity index (χ4v) is 3.72. The molecule has 0 amide bonds. The van der Waals surface area contributed by atoms with Crippen molar-refractivity contribution in [3.05, 3.63) is 24.0 Å². The molecule has 5 nitrogen and oxygen atoms in total. The molecule has 1 aromatic rings. The van der Waals surface area contributed by atoms with Crippen molar-refractivity contribution in [2.75, 3.05) is 18.9 Å². The smallest absolute Gasteiger partial charge is 0.243 e. The number of nitrogens with zero attached hydrogens (tertiary/aromatic N) is 1. The van der Waals surface area contributed by atoms with Gasteiger partial charge in [-0.25, -0.2) is 12.8 Å². The third-order valence-electron chi connectivity index (χ3n) is 3.13. The Morgan fingerprint density at radius 1 is 1.42 bits per heavy atom. The number of nitrogen functional groups attached to an aromatic ring is 1. The van der Waals surface area contributed by atoms with Gasteiger partial charge in [0, 0.05) is 12.6 Å². The number of rotatable bonds is 2. The van der Waals surface area contributed by atoms with E-state index in [0.717, 1.165) is 6.07 Å². The fraction of sp³-hybridized carbons (Fsp3) is 0.500. The summed E-state index contributed by atoms with van der Waals surface area (Å²) >= 11 is 0. The van der Waals surface area contributed by atoms with Gasteiger partial charge in [-0.2, -0.15) is 4.31 Å². The van der Waals surface area contributed by atoms with Crippen LogP contribution in [0.4, 0.5) is 10.1 Å². The second-order valence-electron chi connectivity index (χ2n) is 4.75. The molecule has 0 aromatic heterocycles. The number of sulfonamides is 1. The Morgan fingerprint density at radius 3 is 2.74 bits per heavy atom. The lowest BCUT2D eigenvalue weighted by Gasteiger charge is -2.35. The van der Waals surface area contributed by atoms with Crippen LogP contribution in [0.5, 0.6) is 0 Å². The minimum absolute atomic E-state index is 0.0673. The van der Waals surface area contributed by atoms with Crippen molar-refractivity contribution < 1.29 is 17.5 Å². The maximum absolute atomic E-state index is 13.4. The van der Waals surface area contributed by atoms with Gasteiger partial charge >= 0.3 is 0 Å². The normalized spacial score (nSPS) is 25.4. The van der Waals surface area contributed by atoms with Gasteiger partial charge in [0.2, 0.25) is 10.0 Å². The minimum atomic E-state index is -3.73. The molecule has 1 aliphatic rings. The van der Waals surface area contributed by atoms with Crippen LogP contribution in [0.15, 0.2) is 23.1 Å². The zero-order chi connectivity index (χ0) is 14.2. The minimum Gasteiger partial charge on any atom is -0.396 e. The van der Waals surface area contributed by atoms with Crippen molar-refractivity contribution in [2.45, 2.75) is 30.9 Å². The number of benzene rings is 1. The van der Waals surface area contributed by atoms with Crippen molar-refractivity contribution in [3.8, 4) is 0 Å². The van der Waals surface area contributed by atoms with Gasteiger partial charge in [-0.15, -0.1) is 0 Å². The van der Waals surface area contributed by atoms with E-state index in [2.05, 4.69) is 0 Å². The van der Waals surface area contributed by atoms with Crippen molar-refractivity contribution >= 4 is 15.7 Å². The van der Waals surface area contributed by atoms with Crippen LogP contribution in [-0.4, -0.2) is 38.0 Å². The zero-order valence-electron chi connectivity index (χ0n) is 10.8. The van der Waals surface area contributed by atoms with Crippen LogP contribution in [0.25, 0.3) is 0 Å². The highest BCUT2D eigenvalue weighted by Crippen LogP contribution is 2.24. The lowest BCUT2D eigenvalue weighted by atomic mass is 10.2. The highest BCUT2D eigenvalue weighted by Gasteiger charge is 2.34. The predicted octanol–water partition coefficient (Wildman–Crippen LogP) is 1.21. The molecule has 2 N–H and O–H groups in total. The topological polar surface area (TPSA) is 72.6 Å². The van der Waals surface area contributed by atoms with Gasteiger partial charge in [0.15, 0.2) is 0 Å². The Hall–Kier alpha value is -1.18. The van der Waals surface area contributed by atoms with E-state index in [1.165, 1.54) is 16.4 Å². The highest BCUT2D eigenvalue weighted by atomic mass is 32.2. The van der Waals surface area contributed by atoms with Crippen LogP contribution < -0.4 is 5.73 Å². The molecule has 1 fully saturated rings. The molecule has 0 saturated carbocycles. The van der Waals surface area contributed by atoms with Gasteiger partial charge in [-0.1, -0.05) is 0 Å². The highest BCUT2D eigenvalue weighted by molar-refractivity contribution is 7.89. The lowest BCUT2D eigenvalue weighted by Crippen LogP contribution is -2.50. The fourth-order valence-electron chi connectivity index (χ4n) is 2.01. The molecule has 2 rings (SSSR count). The SMILES string of the molecule is CC1CN(S(=O)(=O)c2ccc(N)c(F)c2)C(C)CO1. The summed E-state index contributed by atoms with van der Waals surface area (Å²) in [5.74, 6) is -0.727. The van der Waals surface area contributed by atoms with Crippen molar-refractivity contribution in [2.24, 2.45) is 0 Å². The quantitative estimate of drug-likeness (QED) is 0.830. The number of halogens is 1. The summed E-state index contributed by atoms with van der Waals surface area (Å²) in [6.45, 7) is 4.16. The zero-order valence-corrected chi connectivity index (χ0v) is 11.7. The first-order chi connectivity index (χ1) is 8.82. The molecule has 0 radical (unpaired) electrons. The van der Waals surface area contributed by atoms with Gasteiger partial charge in [0.05, 0.1) is 23.3 Å². The average Bonchev–Trinajstić information content (AvgIpc) is 2.35. The summed E-state index contributed by atoms with van der Waals surface area (Å²) in [5, 5.41) is 0.